The Hall–Kier alpha value is -1.06. The van der Waals surface area contributed by atoms with Crippen LogP contribution in [0.5, 0.6) is 5.75 Å². The number of benzene rings is 1. The summed E-state index contributed by atoms with van der Waals surface area (Å²) in [5.41, 5.74) is 1.34. The summed E-state index contributed by atoms with van der Waals surface area (Å²) in [6.07, 6.45) is 1.14. The third-order valence-electron chi connectivity index (χ3n) is 3.30. The summed E-state index contributed by atoms with van der Waals surface area (Å²) in [4.78, 5) is 0. The molecule has 108 valence electrons. The van der Waals surface area contributed by atoms with Gasteiger partial charge in [0.05, 0.1) is 12.6 Å². The van der Waals surface area contributed by atoms with Crippen molar-refractivity contribution in [1.29, 1.82) is 0 Å². The minimum absolute atomic E-state index is 0.0192. The van der Waals surface area contributed by atoms with Crippen LogP contribution in [-0.2, 0) is 0 Å². The second-order valence-corrected chi connectivity index (χ2v) is 5.39. The Kier molecular flexibility index (Phi) is 6.89. The number of hydrogen-bond acceptors (Lipinski definition) is 3. The topological polar surface area (TPSA) is 41.5 Å². The molecule has 0 spiro atoms. The molecule has 3 heteroatoms. The summed E-state index contributed by atoms with van der Waals surface area (Å²) in [5, 5.41) is 12.5. The highest BCUT2D eigenvalue weighted by Crippen LogP contribution is 2.21. The smallest absolute Gasteiger partial charge is 0.119 e. The molecule has 19 heavy (non-hydrogen) atoms. The van der Waals surface area contributed by atoms with E-state index in [4.69, 9.17) is 4.74 Å². The van der Waals surface area contributed by atoms with Crippen molar-refractivity contribution in [1.82, 2.24) is 5.32 Å². The quantitative estimate of drug-likeness (QED) is 0.759. The van der Waals surface area contributed by atoms with Gasteiger partial charge in [0.25, 0.3) is 0 Å². The summed E-state index contributed by atoms with van der Waals surface area (Å²) in [6.45, 7) is 9.11. The Labute approximate surface area is 117 Å². The van der Waals surface area contributed by atoms with Crippen molar-refractivity contribution in [3.05, 3.63) is 29.8 Å². The lowest BCUT2D eigenvalue weighted by atomic mass is 9.99. The van der Waals surface area contributed by atoms with Crippen LogP contribution in [0, 0.1) is 0 Å². The highest BCUT2D eigenvalue weighted by atomic mass is 16.5. The van der Waals surface area contributed by atoms with Gasteiger partial charge < -0.3 is 15.2 Å². The average Bonchev–Trinajstić information content (AvgIpc) is 2.42. The van der Waals surface area contributed by atoms with E-state index < -0.39 is 0 Å². The lowest BCUT2D eigenvalue weighted by Gasteiger charge is -2.19. The summed E-state index contributed by atoms with van der Waals surface area (Å²) in [7, 11) is 0. The minimum atomic E-state index is -0.0192. The van der Waals surface area contributed by atoms with Crippen LogP contribution in [0.25, 0.3) is 0 Å². The first kappa shape index (κ1) is 16.0. The molecular formula is C16H27NO2. The summed E-state index contributed by atoms with van der Waals surface area (Å²) in [6, 6.07) is 8.57. The van der Waals surface area contributed by atoms with E-state index in [2.05, 4.69) is 45.1 Å². The van der Waals surface area contributed by atoms with E-state index >= 15 is 0 Å². The van der Waals surface area contributed by atoms with E-state index in [1.54, 1.807) is 0 Å². The molecule has 1 rings (SSSR count). The molecule has 0 amide bonds. The molecule has 0 fully saturated rings. The van der Waals surface area contributed by atoms with Crippen LogP contribution in [0.15, 0.2) is 24.3 Å². The Balaban J connectivity index is 2.49. The molecule has 0 aliphatic heterocycles. The van der Waals surface area contributed by atoms with Crippen LogP contribution in [0.2, 0.25) is 0 Å². The molecular weight excluding hydrogens is 238 g/mol. The van der Waals surface area contributed by atoms with Crippen LogP contribution in [0.1, 0.15) is 45.6 Å². The van der Waals surface area contributed by atoms with Gasteiger partial charge in [0.2, 0.25) is 0 Å². The maximum absolute atomic E-state index is 9.26. The van der Waals surface area contributed by atoms with Crippen molar-refractivity contribution in [3.63, 3.8) is 0 Å². The van der Waals surface area contributed by atoms with Crippen molar-refractivity contribution < 1.29 is 9.84 Å². The second-order valence-electron chi connectivity index (χ2n) is 5.39. The van der Waals surface area contributed by atoms with Crippen LogP contribution in [-0.4, -0.2) is 30.4 Å². The van der Waals surface area contributed by atoms with Crippen LogP contribution < -0.4 is 10.1 Å². The highest BCUT2D eigenvalue weighted by molar-refractivity contribution is 5.29. The van der Waals surface area contributed by atoms with Gasteiger partial charge in [-0.05, 0) is 30.0 Å². The lowest BCUT2D eigenvalue weighted by Crippen LogP contribution is -2.41. The van der Waals surface area contributed by atoms with E-state index in [9.17, 15) is 5.11 Å². The van der Waals surface area contributed by atoms with Gasteiger partial charge in [-0.15, -0.1) is 0 Å². The van der Waals surface area contributed by atoms with Crippen molar-refractivity contribution in [2.24, 2.45) is 0 Å². The first-order valence-electron chi connectivity index (χ1n) is 7.16. The van der Waals surface area contributed by atoms with E-state index in [-0.39, 0.29) is 12.6 Å². The maximum atomic E-state index is 9.26. The van der Waals surface area contributed by atoms with E-state index in [0.29, 0.717) is 18.6 Å². The molecule has 2 N–H and O–H groups in total. The number of rotatable bonds is 8. The first-order chi connectivity index (χ1) is 9.06. The number of ether oxygens (including phenoxy) is 1. The molecule has 2 atom stereocenters. The Morgan fingerprint density at radius 3 is 2.26 bits per heavy atom. The molecule has 2 unspecified atom stereocenters. The minimum Gasteiger partial charge on any atom is -0.492 e. The highest BCUT2D eigenvalue weighted by Gasteiger charge is 2.09. The predicted octanol–water partition coefficient (Wildman–Crippen LogP) is 2.94. The molecule has 3 nitrogen and oxygen atoms in total. The number of hydrogen-bond donors (Lipinski definition) is 2. The molecule has 0 aromatic heterocycles. The van der Waals surface area contributed by atoms with Gasteiger partial charge in [0.15, 0.2) is 0 Å². The molecule has 0 saturated heterocycles. The molecule has 0 heterocycles. The SMILES string of the molecule is CCC(C)c1ccc(OCC(CO)NC(C)C)cc1. The maximum Gasteiger partial charge on any atom is 0.119 e. The monoisotopic (exact) mass is 265 g/mol. The van der Waals surface area contributed by atoms with Gasteiger partial charge >= 0.3 is 0 Å². The first-order valence-corrected chi connectivity index (χ1v) is 7.16. The standard InChI is InChI=1S/C16H27NO2/c1-5-13(4)14-6-8-16(9-7-14)19-11-15(10-18)17-12(2)3/h6-9,12-13,15,17-18H,5,10-11H2,1-4H3. The van der Waals surface area contributed by atoms with Gasteiger partial charge in [-0.2, -0.15) is 0 Å². The Morgan fingerprint density at radius 1 is 1.16 bits per heavy atom. The Bertz CT molecular complexity index is 348. The van der Waals surface area contributed by atoms with Crippen LogP contribution >= 0.6 is 0 Å². The van der Waals surface area contributed by atoms with Gasteiger partial charge in [-0.25, -0.2) is 0 Å². The fourth-order valence-corrected chi connectivity index (χ4v) is 1.95. The van der Waals surface area contributed by atoms with Crippen molar-refractivity contribution in [2.45, 2.75) is 52.1 Å². The summed E-state index contributed by atoms with van der Waals surface area (Å²) < 4.78 is 5.71. The zero-order valence-electron chi connectivity index (χ0n) is 12.5. The number of aliphatic hydroxyl groups excluding tert-OH is 1. The molecule has 0 aliphatic carbocycles. The summed E-state index contributed by atoms with van der Waals surface area (Å²) in [5.74, 6) is 1.44. The zero-order valence-corrected chi connectivity index (χ0v) is 12.5. The van der Waals surface area contributed by atoms with Gasteiger partial charge in [-0.3, -0.25) is 0 Å². The molecule has 1 aromatic carbocycles. The lowest BCUT2D eigenvalue weighted by molar-refractivity contribution is 0.177. The van der Waals surface area contributed by atoms with Crippen LogP contribution in [0.4, 0.5) is 0 Å². The fraction of sp³-hybridized carbons (Fsp3) is 0.625. The van der Waals surface area contributed by atoms with E-state index in [1.807, 2.05) is 12.1 Å². The second kappa shape index (κ2) is 8.18. The van der Waals surface area contributed by atoms with Gasteiger partial charge in [0.1, 0.15) is 12.4 Å². The summed E-state index contributed by atoms with van der Waals surface area (Å²) >= 11 is 0. The van der Waals surface area contributed by atoms with Crippen molar-refractivity contribution >= 4 is 0 Å². The van der Waals surface area contributed by atoms with Crippen LogP contribution in [0.3, 0.4) is 0 Å². The number of nitrogens with one attached hydrogen (secondary N) is 1. The third kappa shape index (κ3) is 5.62. The largest absolute Gasteiger partial charge is 0.492 e. The van der Waals surface area contributed by atoms with Gasteiger partial charge in [0, 0.05) is 6.04 Å². The molecule has 0 radical (unpaired) electrons. The Morgan fingerprint density at radius 2 is 1.79 bits per heavy atom. The van der Waals surface area contributed by atoms with Crippen molar-refractivity contribution in [2.75, 3.05) is 13.2 Å². The third-order valence-corrected chi connectivity index (χ3v) is 3.30. The molecule has 0 saturated carbocycles. The van der Waals surface area contributed by atoms with E-state index in [0.717, 1.165) is 12.2 Å². The molecule has 0 bridgehead atoms. The van der Waals surface area contributed by atoms with Gasteiger partial charge in [-0.1, -0.05) is 39.8 Å². The normalized spacial score (nSPS) is 14.4. The predicted molar refractivity (Wildman–Crippen MR) is 79.8 cm³/mol. The average molecular weight is 265 g/mol. The zero-order chi connectivity index (χ0) is 14.3. The molecule has 0 aliphatic rings. The number of aliphatic hydroxyl groups is 1. The fourth-order valence-electron chi connectivity index (χ4n) is 1.95. The van der Waals surface area contributed by atoms with E-state index in [1.165, 1.54) is 5.56 Å². The van der Waals surface area contributed by atoms with Crippen molar-refractivity contribution in [3.8, 4) is 5.75 Å². The molecule has 1 aromatic rings.